The molecule has 0 atom stereocenters. The highest BCUT2D eigenvalue weighted by Crippen LogP contribution is 2.30. The second-order valence-electron chi connectivity index (χ2n) is 7.58. The van der Waals surface area contributed by atoms with Gasteiger partial charge in [0.05, 0.1) is 12.1 Å². The predicted octanol–water partition coefficient (Wildman–Crippen LogP) is 4.57. The van der Waals surface area contributed by atoms with Gasteiger partial charge < -0.3 is 10.0 Å². The van der Waals surface area contributed by atoms with E-state index >= 15 is 0 Å². The van der Waals surface area contributed by atoms with Gasteiger partial charge >= 0.3 is 5.97 Å². The van der Waals surface area contributed by atoms with Crippen LogP contribution in [0.1, 0.15) is 35.7 Å². The third kappa shape index (κ3) is 4.95. The zero-order chi connectivity index (χ0) is 23.2. The second-order valence-corrected chi connectivity index (χ2v) is 7.58. The molecule has 0 saturated heterocycles. The number of carbonyl (C=O) groups is 2. The first-order valence-electron chi connectivity index (χ1n) is 10.6. The van der Waals surface area contributed by atoms with Crippen LogP contribution in [0.4, 0.5) is 5.69 Å². The first-order chi connectivity index (χ1) is 16.1. The Kier molecular flexibility index (Phi) is 6.54. The molecule has 0 aliphatic heterocycles. The Morgan fingerprint density at radius 2 is 1.73 bits per heavy atom. The minimum atomic E-state index is -1.02. The average molecular weight is 441 g/mol. The number of carbonyl (C=O) groups excluding carboxylic acids is 1. The Labute approximate surface area is 190 Å². The number of nitrogens with one attached hydrogen (secondary N) is 1. The topological polar surface area (TPSA) is 112 Å². The number of rotatable bonds is 8. The highest BCUT2D eigenvalue weighted by molar-refractivity contribution is 5.95. The summed E-state index contributed by atoms with van der Waals surface area (Å²) in [7, 11) is 0. The number of hydrogen-bond donors (Lipinski definition) is 2. The maximum Gasteiger partial charge on any atom is 0.335 e. The lowest BCUT2D eigenvalue weighted by molar-refractivity contribution is -0.118. The van der Waals surface area contributed by atoms with Gasteiger partial charge in [0.2, 0.25) is 5.91 Å². The normalized spacial score (nSPS) is 10.7. The molecule has 2 N–H and O–H groups in total. The van der Waals surface area contributed by atoms with E-state index in [2.05, 4.69) is 20.6 Å². The Bertz CT molecular complexity index is 1250. The van der Waals surface area contributed by atoms with Gasteiger partial charge in [0.25, 0.3) is 0 Å². The molecule has 0 spiro atoms. The van der Waals surface area contributed by atoms with Gasteiger partial charge in [-0.25, -0.2) is 9.89 Å². The lowest BCUT2D eigenvalue weighted by Gasteiger charge is -2.23. The third-order valence-electron chi connectivity index (χ3n) is 5.30. The molecule has 0 unspecified atom stereocenters. The Balaban J connectivity index is 1.62. The first-order valence-corrected chi connectivity index (χ1v) is 10.6. The van der Waals surface area contributed by atoms with E-state index in [1.54, 1.807) is 17.0 Å². The number of carboxylic acid groups (broad SMARTS) is 1. The molecular weight excluding hydrogens is 418 g/mol. The molecule has 33 heavy (non-hydrogen) atoms. The molecule has 0 aliphatic rings. The SMILES string of the molecule is CCCC(=O)N(Cc1ccc(-c2ccccc2-c2nnn[nH]2)cc1)c1cccc(C(=O)O)c1. The number of H-pyrrole nitrogens is 1. The number of carboxylic acids is 1. The summed E-state index contributed by atoms with van der Waals surface area (Å²) < 4.78 is 0. The maximum atomic E-state index is 12.8. The molecule has 1 aromatic heterocycles. The van der Waals surface area contributed by atoms with Crippen molar-refractivity contribution in [3.05, 3.63) is 83.9 Å². The van der Waals surface area contributed by atoms with Crippen LogP contribution >= 0.6 is 0 Å². The number of anilines is 1. The number of aromatic amines is 1. The van der Waals surface area contributed by atoms with E-state index in [0.717, 1.165) is 22.3 Å². The summed E-state index contributed by atoms with van der Waals surface area (Å²) in [6.45, 7) is 2.29. The molecule has 0 fully saturated rings. The molecule has 0 saturated carbocycles. The lowest BCUT2D eigenvalue weighted by atomic mass is 9.98. The fourth-order valence-corrected chi connectivity index (χ4v) is 3.67. The van der Waals surface area contributed by atoms with Crippen molar-refractivity contribution in [2.45, 2.75) is 26.3 Å². The molecule has 166 valence electrons. The van der Waals surface area contributed by atoms with Crippen molar-refractivity contribution in [1.29, 1.82) is 0 Å². The minimum Gasteiger partial charge on any atom is -0.478 e. The Morgan fingerprint density at radius 1 is 0.970 bits per heavy atom. The monoisotopic (exact) mass is 441 g/mol. The summed E-state index contributed by atoms with van der Waals surface area (Å²) >= 11 is 0. The summed E-state index contributed by atoms with van der Waals surface area (Å²) in [6.07, 6.45) is 1.09. The minimum absolute atomic E-state index is 0.0488. The van der Waals surface area contributed by atoms with E-state index in [1.807, 2.05) is 55.5 Å². The standard InChI is InChI=1S/C25H23N5O3/c1-2-6-23(31)30(20-8-5-7-19(15-20)25(32)33)16-17-11-13-18(14-12-17)21-9-3-4-10-22(21)24-26-28-29-27-24/h3-5,7-15H,2,6,16H2,1H3,(H,32,33)(H,26,27,28,29). The van der Waals surface area contributed by atoms with Crippen LogP contribution in [0, 0.1) is 0 Å². The number of tetrazole rings is 1. The fourth-order valence-electron chi connectivity index (χ4n) is 3.67. The van der Waals surface area contributed by atoms with Gasteiger partial charge in [-0.05, 0) is 51.7 Å². The van der Waals surface area contributed by atoms with Crippen molar-refractivity contribution in [2.24, 2.45) is 0 Å². The molecule has 8 heteroatoms. The van der Waals surface area contributed by atoms with Gasteiger partial charge in [0, 0.05) is 17.7 Å². The number of nitrogens with zero attached hydrogens (tertiary/aromatic N) is 4. The van der Waals surface area contributed by atoms with Crippen molar-refractivity contribution >= 4 is 17.6 Å². The van der Waals surface area contributed by atoms with E-state index in [1.165, 1.54) is 12.1 Å². The molecule has 1 amide bonds. The molecule has 0 radical (unpaired) electrons. The van der Waals surface area contributed by atoms with Crippen molar-refractivity contribution in [2.75, 3.05) is 4.90 Å². The number of aromatic nitrogens is 4. The second kappa shape index (κ2) is 9.86. The van der Waals surface area contributed by atoms with Gasteiger partial charge in [0.1, 0.15) is 0 Å². The zero-order valence-electron chi connectivity index (χ0n) is 18.1. The van der Waals surface area contributed by atoms with E-state index in [9.17, 15) is 14.7 Å². The molecule has 8 nitrogen and oxygen atoms in total. The maximum absolute atomic E-state index is 12.8. The first kappa shape index (κ1) is 21.9. The van der Waals surface area contributed by atoms with Crippen molar-refractivity contribution in [1.82, 2.24) is 20.6 Å². The van der Waals surface area contributed by atoms with Crippen molar-refractivity contribution in [3.8, 4) is 22.5 Å². The van der Waals surface area contributed by atoms with E-state index in [4.69, 9.17) is 0 Å². The summed E-state index contributed by atoms with van der Waals surface area (Å²) in [5.74, 6) is -0.485. The zero-order valence-corrected chi connectivity index (χ0v) is 18.1. The number of amides is 1. The van der Waals surface area contributed by atoms with Crippen LogP contribution in [0.2, 0.25) is 0 Å². The van der Waals surface area contributed by atoms with Crippen molar-refractivity contribution in [3.63, 3.8) is 0 Å². The van der Waals surface area contributed by atoms with Gasteiger partial charge in [-0.3, -0.25) is 4.79 Å². The van der Waals surface area contributed by atoms with Gasteiger partial charge in [-0.2, -0.15) is 0 Å². The Morgan fingerprint density at radius 3 is 2.39 bits per heavy atom. The molecule has 0 aliphatic carbocycles. The average Bonchev–Trinajstić information content (AvgIpc) is 3.38. The predicted molar refractivity (Wildman–Crippen MR) is 125 cm³/mol. The molecule has 3 aromatic carbocycles. The Hall–Kier alpha value is -4.33. The fraction of sp³-hybridized carbons (Fsp3) is 0.160. The van der Waals surface area contributed by atoms with Crippen LogP contribution in [0.3, 0.4) is 0 Å². The summed E-state index contributed by atoms with van der Waals surface area (Å²) in [5, 5.41) is 23.5. The van der Waals surface area contributed by atoms with E-state index in [-0.39, 0.29) is 11.5 Å². The van der Waals surface area contributed by atoms with Crippen LogP contribution < -0.4 is 4.90 Å². The van der Waals surface area contributed by atoms with Crippen LogP contribution in [0.15, 0.2) is 72.8 Å². The van der Waals surface area contributed by atoms with Crippen LogP contribution in [-0.4, -0.2) is 37.6 Å². The van der Waals surface area contributed by atoms with Crippen LogP contribution in [0.5, 0.6) is 0 Å². The molecule has 4 aromatic rings. The summed E-state index contributed by atoms with van der Waals surface area (Å²) in [6, 6.07) is 22.2. The third-order valence-corrected chi connectivity index (χ3v) is 5.30. The molecule has 4 rings (SSSR count). The van der Waals surface area contributed by atoms with Crippen LogP contribution in [-0.2, 0) is 11.3 Å². The molecule has 1 heterocycles. The van der Waals surface area contributed by atoms with Gasteiger partial charge in [-0.15, -0.1) is 5.10 Å². The van der Waals surface area contributed by atoms with Crippen LogP contribution in [0.25, 0.3) is 22.5 Å². The van der Waals surface area contributed by atoms with Gasteiger partial charge in [0.15, 0.2) is 5.82 Å². The largest absolute Gasteiger partial charge is 0.478 e. The number of benzene rings is 3. The molecular formula is C25H23N5O3. The highest BCUT2D eigenvalue weighted by Gasteiger charge is 2.17. The quantitative estimate of drug-likeness (QED) is 0.414. The van der Waals surface area contributed by atoms with E-state index in [0.29, 0.717) is 30.9 Å². The molecule has 0 bridgehead atoms. The number of aromatic carboxylic acids is 1. The number of hydrogen-bond acceptors (Lipinski definition) is 5. The summed E-state index contributed by atoms with van der Waals surface area (Å²) in [5.41, 5.74) is 4.51. The summed E-state index contributed by atoms with van der Waals surface area (Å²) in [4.78, 5) is 25.9. The van der Waals surface area contributed by atoms with Crippen molar-refractivity contribution < 1.29 is 14.7 Å². The van der Waals surface area contributed by atoms with Gasteiger partial charge in [-0.1, -0.05) is 61.5 Å². The van der Waals surface area contributed by atoms with E-state index < -0.39 is 5.97 Å². The lowest BCUT2D eigenvalue weighted by Crippen LogP contribution is -2.30. The highest BCUT2D eigenvalue weighted by atomic mass is 16.4. The smallest absolute Gasteiger partial charge is 0.335 e.